The highest BCUT2D eigenvalue weighted by molar-refractivity contribution is 5.37. The summed E-state index contributed by atoms with van der Waals surface area (Å²) in [4.78, 5) is 3.93. The Morgan fingerprint density at radius 1 is 1.56 bits per heavy atom. The first-order valence-electron chi connectivity index (χ1n) is 5.79. The summed E-state index contributed by atoms with van der Waals surface area (Å²) in [7, 11) is 0. The molecule has 0 saturated heterocycles. The van der Waals surface area contributed by atoms with Crippen LogP contribution in [0, 0.1) is 16.7 Å². The number of aliphatic hydroxyl groups excluding tert-OH is 1. The average Bonchev–Trinajstić information content (AvgIpc) is 2.27. The Morgan fingerprint density at radius 2 is 2.22 bits per heavy atom. The SMILES string of the molecule is CC(C)(C)CC(O)C(N)Oc1ncccc1C#N. The highest BCUT2D eigenvalue weighted by Gasteiger charge is 2.24. The second kappa shape index (κ2) is 5.80. The summed E-state index contributed by atoms with van der Waals surface area (Å²) in [6, 6.07) is 5.19. The highest BCUT2D eigenvalue weighted by Crippen LogP contribution is 2.23. The normalized spacial score (nSPS) is 14.7. The molecule has 0 fully saturated rings. The lowest BCUT2D eigenvalue weighted by molar-refractivity contribution is 0.0118. The van der Waals surface area contributed by atoms with E-state index in [1.807, 2.05) is 26.8 Å². The van der Waals surface area contributed by atoms with E-state index in [2.05, 4.69) is 4.98 Å². The van der Waals surface area contributed by atoms with Gasteiger partial charge in [-0.3, -0.25) is 5.73 Å². The average molecular weight is 249 g/mol. The van der Waals surface area contributed by atoms with Crippen molar-refractivity contribution in [1.82, 2.24) is 4.98 Å². The molecule has 0 bridgehead atoms. The first kappa shape index (κ1) is 14.4. The number of rotatable bonds is 4. The van der Waals surface area contributed by atoms with Crippen LogP contribution in [0.5, 0.6) is 5.88 Å². The van der Waals surface area contributed by atoms with Gasteiger partial charge in [0.1, 0.15) is 17.7 Å². The molecule has 0 aliphatic heterocycles. The molecule has 2 unspecified atom stereocenters. The lowest BCUT2D eigenvalue weighted by atomic mass is 9.89. The standard InChI is InChI=1S/C13H19N3O2/c1-13(2,3)7-10(17)11(15)18-12-9(8-14)5-4-6-16-12/h4-6,10-11,17H,7,15H2,1-3H3. The van der Waals surface area contributed by atoms with Crippen molar-refractivity contribution < 1.29 is 9.84 Å². The number of pyridine rings is 1. The minimum atomic E-state index is -0.897. The van der Waals surface area contributed by atoms with Crippen molar-refractivity contribution in [1.29, 1.82) is 5.26 Å². The number of hydrogen-bond acceptors (Lipinski definition) is 5. The largest absolute Gasteiger partial charge is 0.455 e. The third kappa shape index (κ3) is 4.32. The quantitative estimate of drug-likeness (QED) is 0.787. The minimum Gasteiger partial charge on any atom is -0.455 e. The van der Waals surface area contributed by atoms with Crippen LogP contribution in [0.4, 0.5) is 0 Å². The molecule has 18 heavy (non-hydrogen) atoms. The maximum absolute atomic E-state index is 9.92. The Morgan fingerprint density at radius 3 is 2.78 bits per heavy atom. The summed E-state index contributed by atoms with van der Waals surface area (Å²) in [5.74, 6) is 0.153. The van der Waals surface area contributed by atoms with Crippen LogP contribution in [0.2, 0.25) is 0 Å². The summed E-state index contributed by atoms with van der Waals surface area (Å²) in [5, 5.41) is 18.8. The molecule has 2 atom stereocenters. The van der Waals surface area contributed by atoms with E-state index in [0.717, 1.165) is 0 Å². The van der Waals surface area contributed by atoms with Gasteiger partial charge in [0.2, 0.25) is 5.88 Å². The first-order chi connectivity index (χ1) is 8.33. The van der Waals surface area contributed by atoms with Crippen LogP contribution in [0.3, 0.4) is 0 Å². The zero-order chi connectivity index (χ0) is 13.8. The van der Waals surface area contributed by atoms with Gasteiger partial charge in [-0.25, -0.2) is 4.98 Å². The monoisotopic (exact) mass is 249 g/mol. The molecular weight excluding hydrogens is 230 g/mol. The lowest BCUT2D eigenvalue weighted by Crippen LogP contribution is -2.42. The summed E-state index contributed by atoms with van der Waals surface area (Å²) in [6.07, 6.45) is 0.312. The predicted molar refractivity (Wildman–Crippen MR) is 67.6 cm³/mol. The van der Waals surface area contributed by atoms with Gasteiger partial charge in [-0.05, 0) is 24.0 Å². The number of nitrogens with zero attached hydrogens (tertiary/aromatic N) is 2. The third-order valence-corrected chi connectivity index (χ3v) is 2.34. The smallest absolute Gasteiger partial charge is 0.233 e. The maximum Gasteiger partial charge on any atom is 0.233 e. The molecule has 1 aromatic heterocycles. The third-order valence-electron chi connectivity index (χ3n) is 2.34. The van der Waals surface area contributed by atoms with Gasteiger partial charge in [-0.1, -0.05) is 20.8 Å². The molecule has 0 aromatic carbocycles. The molecule has 0 aliphatic rings. The molecule has 0 spiro atoms. The second-order valence-corrected chi connectivity index (χ2v) is 5.38. The van der Waals surface area contributed by atoms with Gasteiger partial charge in [-0.2, -0.15) is 5.26 Å². The Labute approximate surface area is 107 Å². The van der Waals surface area contributed by atoms with Gasteiger partial charge in [0.15, 0.2) is 6.23 Å². The van der Waals surface area contributed by atoms with E-state index in [-0.39, 0.29) is 11.3 Å². The summed E-state index contributed by atoms with van der Waals surface area (Å²) in [5.41, 5.74) is 6.01. The predicted octanol–water partition coefficient (Wildman–Crippen LogP) is 1.41. The van der Waals surface area contributed by atoms with Crippen LogP contribution in [-0.4, -0.2) is 22.4 Å². The van der Waals surface area contributed by atoms with E-state index in [4.69, 9.17) is 15.7 Å². The molecule has 1 rings (SSSR count). The van der Waals surface area contributed by atoms with Gasteiger partial charge >= 0.3 is 0 Å². The number of aromatic nitrogens is 1. The second-order valence-electron chi connectivity index (χ2n) is 5.38. The fraction of sp³-hybridized carbons (Fsp3) is 0.538. The molecule has 1 heterocycles. The van der Waals surface area contributed by atoms with Crippen molar-refractivity contribution in [2.45, 2.75) is 39.5 Å². The van der Waals surface area contributed by atoms with Crippen molar-refractivity contribution in [3.8, 4) is 11.9 Å². The van der Waals surface area contributed by atoms with E-state index in [1.165, 1.54) is 6.20 Å². The first-order valence-corrected chi connectivity index (χ1v) is 5.79. The molecule has 0 amide bonds. The summed E-state index contributed by atoms with van der Waals surface area (Å²) in [6.45, 7) is 6.01. The van der Waals surface area contributed by atoms with Crippen LogP contribution in [0.15, 0.2) is 18.3 Å². The fourth-order valence-corrected chi connectivity index (χ4v) is 1.52. The summed E-state index contributed by atoms with van der Waals surface area (Å²) >= 11 is 0. The Hall–Kier alpha value is -1.64. The van der Waals surface area contributed by atoms with Gasteiger partial charge < -0.3 is 9.84 Å². The van der Waals surface area contributed by atoms with E-state index < -0.39 is 12.3 Å². The van der Waals surface area contributed by atoms with Crippen LogP contribution >= 0.6 is 0 Å². The number of nitrogens with two attached hydrogens (primary N) is 1. The van der Waals surface area contributed by atoms with Gasteiger partial charge in [-0.15, -0.1) is 0 Å². The van der Waals surface area contributed by atoms with E-state index >= 15 is 0 Å². The molecule has 1 aromatic rings. The molecule has 0 aliphatic carbocycles. The van der Waals surface area contributed by atoms with Crippen molar-refractivity contribution in [2.24, 2.45) is 11.1 Å². The van der Waals surface area contributed by atoms with Crippen LogP contribution in [-0.2, 0) is 0 Å². The molecule has 0 radical (unpaired) electrons. The number of aliphatic hydroxyl groups is 1. The minimum absolute atomic E-state index is 0.0530. The number of nitriles is 1. The van der Waals surface area contributed by atoms with E-state index in [1.54, 1.807) is 12.1 Å². The van der Waals surface area contributed by atoms with Crippen molar-refractivity contribution >= 4 is 0 Å². The maximum atomic E-state index is 9.92. The zero-order valence-electron chi connectivity index (χ0n) is 10.9. The van der Waals surface area contributed by atoms with Crippen molar-refractivity contribution in [3.63, 3.8) is 0 Å². The molecule has 5 heteroatoms. The van der Waals surface area contributed by atoms with Gasteiger partial charge in [0.05, 0.1) is 0 Å². The number of hydrogen-bond donors (Lipinski definition) is 2. The van der Waals surface area contributed by atoms with Crippen LogP contribution in [0.1, 0.15) is 32.8 Å². The van der Waals surface area contributed by atoms with Crippen LogP contribution < -0.4 is 10.5 Å². The van der Waals surface area contributed by atoms with Crippen molar-refractivity contribution in [3.05, 3.63) is 23.9 Å². The fourth-order valence-electron chi connectivity index (χ4n) is 1.52. The summed E-state index contributed by atoms with van der Waals surface area (Å²) < 4.78 is 5.34. The van der Waals surface area contributed by atoms with Gasteiger partial charge in [0, 0.05) is 6.20 Å². The Balaban J connectivity index is 2.70. The van der Waals surface area contributed by atoms with E-state index in [0.29, 0.717) is 12.0 Å². The van der Waals surface area contributed by atoms with E-state index in [9.17, 15) is 5.11 Å². The lowest BCUT2D eigenvalue weighted by Gasteiger charge is -2.26. The Kier molecular flexibility index (Phi) is 4.65. The number of ether oxygens (including phenoxy) is 1. The zero-order valence-corrected chi connectivity index (χ0v) is 10.9. The van der Waals surface area contributed by atoms with Crippen molar-refractivity contribution in [2.75, 3.05) is 0 Å². The van der Waals surface area contributed by atoms with Crippen LogP contribution in [0.25, 0.3) is 0 Å². The topological polar surface area (TPSA) is 92.2 Å². The van der Waals surface area contributed by atoms with Gasteiger partial charge in [0.25, 0.3) is 0 Å². The Bertz CT molecular complexity index is 435. The molecule has 98 valence electrons. The molecule has 0 saturated carbocycles. The molecule has 3 N–H and O–H groups in total. The molecular formula is C13H19N3O2. The molecule has 5 nitrogen and oxygen atoms in total. The highest BCUT2D eigenvalue weighted by atomic mass is 16.5.